The van der Waals surface area contributed by atoms with Crippen LogP contribution in [0.2, 0.25) is 0 Å². The van der Waals surface area contributed by atoms with Gasteiger partial charge in [0.2, 0.25) is 5.88 Å². The summed E-state index contributed by atoms with van der Waals surface area (Å²) in [6.07, 6.45) is 8.28. The fourth-order valence-electron chi connectivity index (χ4n) is 5.45. The molecule has 278 valence electrons. The maximum absolute atomic E-state index is 12.8. The highest BCUT2D eigenvalue weighted by Gasteiger charge is 2.35. The molecular weight excluding hydrogens is 652 g/mol. The Morgan fingerprint density at radius 2 is 1.75 bits per heavy atom. The van der Waals surface area contributed by atoms with Gasteiger partial charge in [-0.1, -0.05) is 13.8 Å². The summed E-state index contributed by atoms with van der Waals surface area (Å²) in [5.41, 5.74) is 14.1. The SMILES string of the molecule is CC.CN(CCCCc1ncc(/C(N)=C/C2=C(N)Oc3cc(-c4cnc(C5CCCN5C(=O)OC(C)(C)C)[nH]4)ccc3O2)[nH]1)C(=O)OC(C)(C)C. The summed E-state index contributed by atoms with van der Waals surface area (Å²) in [5.74, 6) is 2.73. The third-order valence-corrected chi connectivity index (χ3v) is 7.82. The number of aryl methyl sites for hydroxylation is 1. The number of rotatable bonds is 9. The average Bonchev–Trinajstić information content (AvgIpc) is 3.84. The summed E-state index contributed by atoms with van der Waals surface area (Å²) < 4.78 is 23.0. The van der Waals surface area contributed by atoms with Gasteiger partial charge in [0.15, 0.2) is 17.3 Å². The molecule has 0 spiro atoms. The Morgan fingerprint density at radius 1 is 1.02 bits per heavy atom. The lowest BCUT2D eigenvalue weighted by molar-refractivity contribution is 0.0217. The van der Waals surface area contributed by atoms with E-state index in [4.69, 9.17) is 30.4 Å². The Kier molecular flexibility index (Phi) is 12.3. The zero-order valence-corrected chi connectivity index (χ0v) is 31.4. The molecule has 0 aliphatic carbocycles. The van der Waals surface area contributed by atoms with Crippen LogP contribution in [0.25, 0.3) is 17.0 Å². The first kappa shape index (κ1) is 38.7. The van der Waals surface area contributed by atoms with Crippen molar-refractivity contribution in [2.75, 3.05) is 20.1 Å². The number of benzene rings is 1. The molecule has 2 amide bonds. The lowest BCUT2D eigenvalue weighted by Crippen LogP contribution is -2.36. The van der Waals surface area contributed by atoms with Gasteiger partial charge in [-0.15, -0.1) is 0 Å². The van der Waals surface area contributed by atoms with Crippen molar-refractivity contribution in [3.05, 3.63) is 65.7 Å². The normalized spacial score (nSPS) is 16.1. The maximum atomic E-state index is 12.8. The lowest BCUT2D eigenvalue weighted by atomic mass is 10.1. The van der Waals surface area contributed by atoms with Crippen LogP contribution in [-0.2, 0) is 15.9 Å². The quantitative estimate of drug-likeness (QED) is 0.169. The molecule has 2 aliphatic heterocycles. The Bertz CT molecular complexity index is 1730. The van der Waals surface area contributed by atoms with E-state index in [0.29, 0.717) is 48.2 Å². The van der Waals surface area contributed by atoms with Crippen LogP contribution in [-0.4, -0.2) is 73.3 Å². The standard InChI is InChI=1S/C35H48N8O6.C2H6/c1-34(2,3)48-32(44)42(7)15-9-8-12-29-38-20-24(40-29)22(36)18-28-30(37)47-27-17-21(13-14-26(27)46-28)23-19-39-31(41-23)25-11-10-16-43(25)33(45)49-35(4,5)6;1-2/h13-14,17-20,25H,8-12,15-16,36-37H2,1-7H3,(H,38,40)(H,39,41);1-2H3/b22-18-;. The molecule has 5 rings (SSSR count). The summed E-state index contributed by atoms with van der Waals surface area (Å²) >= 11 is 0. The minimum absolute atomic E-state index is 0.0608. The van der Waals surface area contributed by atoms with Crippen LogP contribution in [0.4, 0.5) is 9.59 Å². The first-order valence-corrected chi connectivity index (χ1v) is 17.6. The average molecular weight is 707 g/mol. The van der Waals surface area contributed by atoms with Crippen molar-refractivity contribution in [2.45, 2.75) is 105 Å². The predicted octanol–water partition coefficient (Wildman–Crippen LogP) is 6.99. The van der Waals surface area contributed by atoms with Crippen LogP contribution in [0, 0.1) is 0 Å². The highest BCUT2D eigenvalue weighted by atomic mass is 16.6. The van der Waals surface area contributed by atoms with Gasteiger partial charge in [0.25, 0.3) is 0 Å². The van der Waals surface area contributed by atoms with Crippen molar-refractivity contribution in [1.29, 1.82) is 0 Å². The molecule has 1 unspecified atom stereocenters. The van der Waals surface area contributed by atoms with Crippen molar-refractivity contribution in [3.8, 4) is 22.8 Å². The highest BCUT2D eigenvalue weighted by molar-refractivity contribution is 5.70. The van der Waals surface area contributed by atoms with E-state index in [9.17, 15) is 9.59 Å². The van der Waals surface area contributed by atoms with Gasteiger partial charge in [-0.25, -0.2) is 19.6 Å². The van der Waals surface area contributed by atoms with Crippen LogP contribution >= 0.6 is 0 Å². The third-order valence-electron chi connectivity index (χ3n) is 7.82. The van der Waals surface area contributed by atoms with E-state index >= 15 is 0 Å². The van der Waals surface area contributed by atoms with E-state index in [1.54, 1.807) is 41.4 Å². The molecule has 14 heteroatoms. The Morgan fingerprint density at radius 3 is 2.45 bits per heavy atom. The van der Waals surface area contributed by atoms with Crippen LogP contribution in [0.1, 0.15) is 104 Å². The highest BCUT2D eigenvalue weighted by Crippen LogP contribution is 2.39. The third kappa shape index (κ3) is 10.4. The zero-order valence-electron chi connectivity index (χ0n) is 31.4. The number of allylic oxidation sites excluding steroid dienone is 1. The van der Waals surface area contributed by atoms with E-state index in [2.05, 4.69) is 19.9 Å². The number of hydrogen-bond donors (Lipinski definition) is 4. The fraction of sp³-hybridized carbons (Fsp3) is 0.514. The van der Waals surface area contributed by atoms with E-state index in [1.165, 1.54) is 0 Å². The van der Waals surface area contributed by atoms with Gasteiger partial charge >= 0.3 is 12.2 Å². The number of likely N-dealkylation sites (tertiary alicyclic amines) is 1. The number of nitrogens with zero attached hydrogens (tertiary/aromatic N) is 4. The second-order valence-electron chi connectivity index (χ2n) is 14.3. The van der Waals surface area contributed by atoms with Gasteiger partial charge in [-0.3, -0.25) is 4.90 Å². The van der Waals surface area contributed by atoms with Gasteiger partial charge in [-0.2, -0.15) is 0 Å². The molecular formula is C37H54N8O6. The van der Waals surface area contributed by atoms with Crippen molar-refractivity contribution in [1.82, 2.24) is 29.7 Å². The van der Waals surface area contributed by atoms with Crippen LogP contribution < -0.4 is 20.9 Å². The minimum Gasteiger partial charge on any atom is -0.448 e. The molecule has 3 aromatic rings. The Hall–Kier alpha value is -5.14. The van der Waals surface area contributed by atoms with Crippen molar-refractivity contribution in [2.24, 2.45) is 11.5 Å². The second kappa shape index (κ2) is 16.3. The number of nitrogens with two attached hydrogens (primary N) is 2. The van der Waals surface area contributed by atoms with Gasteiger partial charge in [0.05, 0.1) is 35.5 Å². The van der Waals surface area contributed by atoms with Gasteiger partial charge < -0.3 is 45.3 Å². The van der Waals surface area contributed by atoms with E-state index in [0.717, 1.165) is 42.8 Å². The molecule has 1 aromatic carbocycles. The van der Waals surface area contributed by atoms with Crippen LogP contribution in [0.3, 0.4) is 0 Å². The molecule has 6 N–H and O–H groups in total. The first-order valence-electron chi connectivity index (χ1n) is 17.6. The molecule has 2 aromatic heterocycles. The predicted molar refractivity (Wildman–Crippen MR) is 195 cm³/mol. The summed E-state index contributed by atoms with van der Waals surface area (Å²) in [4.78, 5) is 43.9. The molecule has 1 atom stereocenters. The first-order chi connectivity index (χ1) is 24.1. The summed E-state index contributed by atoms with van der Waals surface area (Å²) in [6.45, 7) is 16.3. The molecule has 0 radical (unpaired) electrons. The Balaban J connectivity index is 0.00000286. The maximum Gasteiger partial charge on any atom is 0.410 e. The molecule has 0 saturated carbocycles. The number of aromatic nitrogens is 4. The number of H-pyrrole nitrogens is 2. The van der Waals surface area contributed by atoms with Gasteiger partial charge in [0.1, 0.15) is 22.9 Å². The molecule has 51 heavy (non-hydrogen) atoms. The molecule has 1 saturated heterocycles. The minimum atomic E-state index is -0.574. The number of aromatic amines is 2. The zero-order chi connectivity index (χ0) is 37.5. The molecule has 4 heterocycles. The second-order valence-corrected chi connectivity index (χ2v) is 14.3. The Labute approximate surface area is 300 Å². The van der Waals surface area contributed by atoms with Gasteiger partial charge in [-0.05, 0) is 85.4 Å². The van der Waals surface area contributed by atoms with E-state index < -0.39 is 11.2 Å². The van der Waals surface area contributed by atoms with Crippen molar-refractivity contribution < 1.29 is 28.5 Å². The van der Waals surface area contributed by atoms with E-state index in [1.807, 2.05) is 67.5 Å². The molecule has 2 aliphatic rings. The lowest BCUT2D eigenvalue weighted by Gasteiger charge is -2.27. The number of unbranched alkanes of at least 4 members (excludes halogenated alkanes) is 1. The van der Waals surface area contributed by atoms with Crippen molar-refractivity contribution in [3.63, 3.8) is 0 Å². The number of amides is 2. The monoisotopic (exact) mass is 706 g/mol. The van der Waals surface area contributed by atoms with Crippen LogP contribution in [0.15, 0.2) is 48.3 Å². The fourth-order valence-corrected chi connectivity index (χ4v) is 5.45. The summed E-state index contributed by atoms with van der Waals surface area (Å²) in [6, 6.07) is 5.30. The topological polar surface area (TPSA) is 187 Å². The molecule has 1 fully saturated rings. The largest absolute Gasteiger partial charge is 0.448 e. The van der Waals surface area contributed by atoms with Crippen molar-refractivity contribution >= 4 is 17.9 Å². The number of carbonyl (C=O) groups excluding carboxylic acids is 2. The smallest absolute Gasteiger partial charge is 0.410 e. The number of hydrogen-bond acceptors (Lipinski definition) is 10. The molecule has 14 nitrogen and oxygen atoms in total. The number of nitrogens with one attached hydrogen (secondary N) is 2. The number of ether oxygens (including phenoxy) is 4. The summed E-state index contributed by atoms with van der Waals surface area (Å²) in [5, 5.41) is 0. The number of carbonyl (C=O) groups is 2. The van der Waals surface area contributed by atoms with Gasteiger partial charge in [0, 0.05) is 38.2 Å². The summed E-state index contributed by atoms with van der Waals surface area (Å²) in [7, 11) is 1.73. The van der Waals surface area contributed by atoms with E-state index in [-0.39, 0.29) is 29.9 Å². The molecule has 0 bridgehead atoms. The number of fused-ring (bicyclic) bond motifs is 1. The van der Waals surface area contributed by atoms with Crippen LogP contribution in [0.5, 0.6) is 11.5 Å². The number of imidazole rings is 2.